The van der Waals surface area contributed by atoms with Gasteiger partial charge in [-0.05, 0) is 0 Å². The van der Waals surface area contributed by atoms with Crippen molar-refractivity contribution in [1.29, 1.82) is 0 Å². The number of carbonyl (C=O) groups is 1. The number of likely N-dealkylation sites (N-methyl/N-ethyl adjacent to an activating group) is 1. The number of aliphatic hydroxyl groups is 1. The van der Waals surface area contributed by atoms with Crippen molar-refractivity contribution in [1.82, 2.24) is 10.3 Å². The van der Waals surface area contributed by atoms with Crippen molar-refractivity contribution in [2.45, 2.75) is 6.10 Å². The number of aliphatic hydroxyl groups excluding tert-OH is 1. The summed E-state index contributed by atoms with van der Waals surface area (Å²) in [7, 11) is 1.46. The fourth-order valence-corrected chi connectivity index (χ4v) is 1.51. The van der Waals surface area contributed by atoms with Crippen LogP contribution in [0.5, 0.6) is 0 Å². The van der Waals surface area contributed by atoms with Crippen molar-refractivity contribution < 1.29 is 9.90 Å². The number of nitrogens with one attached hydrogen (secondary N) is 2. The minimum absolute atomic E-state index is 0.111. The Hall–Kier alpha value is -0.850. The summed E-state index contributed by atoms with van der Waals surface area (Å²) in [6.07, 6.45) is -1.08. The van der Waals surface area contributed by atoms with Gasteiger partial charge in [0.15, 0.2) is 4.47 Å². The Morgan fingerprint density at radius 2 is 2.57 bits per heavy atom. The van der Waals surface area contributed by atoms with Gasteiger partial charge in [0.2, 0.25) is 5.91 Å². The third-order valence-electron chi connectivity index (χ3n) is 1.50. The SMILES string of the molecule is CNC(=O)C(O)CNc1csc(Cl)n1. The standard InChI is InChI=1S/C7H10ClN3O2S/c1-9-6(13)4(12)2-10-5-3-14-7(8)11-5/h3-4,10,12H,2H2,1H3,(H,9,13). The van der Waals surface area contributed by atoms with Crippen molar-refractivity contribution >= 4 is 34.7 Å². The fourth-order valence-electron chi connectivity index (χ4n) is 0.794. The Morgan fingerprint density at radius 3 is 3.07 bits per heavy atom. The number of halogens is 1. The lowest BCUT2D eigenvalue weighted by Gasteiger charge is -2.08. The van der Waals surface area contributed by atoms with Crippen LogP contribution in [0.2, 0.25) is 4.47 Å². The molecule has 1 aromatic heterocycles. The Bertz CT molecular complexity index is 318. The van der Waals surface area contributed by atoms with Crippen LogP contribution in [-0.2, 0) is 4.79 Å². The third kappa shape index (κ3) is 3.13. The molecule has 0 aliphatic rings. The van der Waals surface area contributed by atoms with E-state index >= 15 is 0 Å². The predicted molar refractivity (Wildman–Crippen MR) is 55.7 cm³/mol. The van der Waals surface area contributed by atoms with E-state index in [-0.39, 0.29) is 6.54 Å². The van der Waals surface area contributed by atoms with Gasteiger partial charge in [-0.25, -0.2) is 4.98 Å². The van der Waals surface area contributed by atoms with Gasteiger partial charge in [0.1, 0.15) is 11.9 Å². The zero-order chi connectivity index (χ0) is 10.6. The first-order valence-electron chi connectivity index (χ1n) is 3.88. The maximum atomic E-state index is 10.9. The summed E-state index contributed by atoms with van der Waals surface area (Å²) in [4.78, 5) is 14.8. The van der Waals surface area contributed by atoms with E-state index in [1.807, 2.05) is 0 Å². The normalized spacial score (nSPS) is 12.2. The summed E-state index contributed by atoms with van der Waals surface area (Å²) in [6.45, 7) is 0.111. The van der Waals surface area contributed by atoms with E-state index in [0.717, 1.165) is 0 Å². The number of hydrogen-bond acceptors (Lipinski definition) is 5. The summed E-state index contributed by atoms with van der Waals surface area (Å²) in [6, 6.07) is 0. The Kier molecular flexibility index (Phi) is 4.12. The molecule has 5 nitrogen and oxygen atoms in total. The predicted octanol–water partition coefficient (Wildman–Crippen LogP) is 0.315. The molecule has 0 aromatic carbocycles. The molecule has 1 amide bonds. The summed E-state index contributed by atoms with van der Waals surface area (Å²) in [5.41, 5.74) is 0. The lowest BCUT2D eigenvalue weighted by atomic mass is 10.3. The van der Waals surface area contributed by atoms with Crippen LogP contribution in [0.3, 0.4) is 0 Å². The second-order valence-electron chi connectivity index (χ2n) is 2.50. The van der Waals surface area contributed by atoms with Crippen LogP contribution in [0.15, 0.2) is 5.38 Å². The van der Waals surface area contributed by atoms with Gasteiger partial charge in [-0.2, -0.15) is 0 Å². The number of hydrogen-bond donors (Lipinski definition) is 3. The van der Waals surface area contributed by atoms with E-state index in [2.05, 4.69) is 15.6 Å². The number of amides is 1. The van der Waals surface area contributed by atoms with E-state index in [1.54, 1.807) is 5.38 Å². The molecule has 0 aliphatic heterocycles. The molecule has 1 unspecified atom stereocenters. The third-order valence-corrected chi connectivity index (χ3v) is 2.48. The summed E-state index contributed by atoms with van der Waals surface area (Å²) >= 11 is 6.87. The molecule has 14 heavy (non-hydrogen) atoms. The van der Waals surface area contributed by atoms with Crippen molar-refractivity contribution in [3.63, 3.8) is 0 Å². The van der Waals surface area contributed by atoms with Gasteiger partial charge in [-0.1, -0.05) is 11.6 Å². The minimum Gasteiger partial charge on any atom is -0.381 e. The molecular formula is C7H10ClN3O2S. The molecule has 78 valence electrons. The van der Waals surface area contributed by atoms with Gasteiger partial charge in [0.05, 0.1) is 6.54 Å². The van der Waals surface area contributed by atoms with E-state index < -0.39 is 12.0 Å². The molecule has 0 saturated heterocycles. The van der Waals surface area contributed by atoms with Crippen LogP contribution >= 0.6 is 22.9 Å². The first-order valence-corrected chi connectivity index (χ1v) is 5.14. The lowest BCUT2D eigenvalue weighted by Crippen LogP contribution is -2.36. The second kappa shape index (κ2) is 5.14. The Balaban J connectivity index is 2.37. The van der Waals surface area contributed by atoms with Crippen molar-refractivity contribution in [3.8, 4) is 0 Å². The Labute approximate surface area is 90.1 Å². The molecule has 1 rings (SSSR count). The van der Waals surface area contributed by atoms with Crippen molar-refractivity contribution in [3.05, 3.63) is 9.85 Å². The van der Waals surface area contributed by atoms with Crippen molar-refractivity contribution in [2.75, 3.05) is 18.9 Å². The maximum Gasteiger partial charge on any atom is 0.250 e. The molecule has 3 N–H and O–H groups in total. The largest absolute Gasteiger partial charge is 0.381 e. The van der Waals surface area contributed by atoms with Gasteiger partial charge in [0, 0.05) is 12.4 Å². The number of carbonyl (C=O) groups excluding carboxylic acids is 1. The molecular weight excluding hydrogens is 226 g/mol. The highest BCUT2D eigenvalue weighted by atomic mass is 35.5. The van der Waals surface area contributed by atoms with E-state index in [1.165, 1.54) is 18.4 Å². The quantitative estimate of drug-likeness (QED) is 0.703. The molecule has 0 bridgehead atoms. The molecule has 0 aliphatic carbocycles. The molecule has 1 aromatic rings. The fraction of sp³-hybridized carbons (Fsp3) is 0.429. The van der Waals surface area contributed by atoms with Gasteiger partial charge in [0.25, 0.3) is 0 Å². The van der Waals surface area contributed by atoms with Crippen LogP contribution in [0.1, 0.15) is 0 Å². The van der Waals surface area contributed by atoms with Gasteiger partial charge in [-0.3, -0.25) is 4.79 Å². The molecule has 7 heteroatoms. The van der Waals surface area contributed by atoms with Crippen LogP contribution in [0.4, 0.5) is 5.82 Å². The minimum atomic E-state index is -1.08. The van der Waals surface area contributed by atoms with Crippen molar-refractivity contribution in [2.24, 2.45) is 0 Å². The van der Waals surface area contributed by atoms with E-state index in [0.29, 0.717) is 10.3 Å². The zero-order valence-electron chi connectivity index (χ0n) is 7.45. The molecule has 0 radical (unpaired) electrons. The monoisotopic (exact) mass is 235 g/mol. The van der Waals surface area contributed by atoms with Gasteiger partial charge < -0.3 is 15.7 Å². The van der Waals surface area contributed by atoms with Crippen LogP contribution < -0.4 is 10.6 Å². The number of anilines is 1. The average Bonchev–Trinajstić information content (AvgIpc) is 2.59. The summed E-state index contributed by atoms with van der Waals surface area (Å²) < 4.78 is 0.418. The molecule has 0 saturated carbocycles. The first-order chi connectivity index (χ1) is 6.63. The van der Waals surface area contributed by atoms with Gasteiger partial charge >= 0.3 is 0 Å². The van der Waals surface area contributed by atoms with Crippen LogP contribution in [0.25, 0.3) is 0 Å². The average molecular weight is 236 g/mol. The van der Waals surface area contributed by atoms with E-state index in [4.69, 9.17) is 11.6 Å². The lowest BCUT2D eigenvalue weighted by molar-refractivity contribution is -0.128. The molecule has 0 fully saturated rings. The smallest absolute Gasteiger partial charge is 0.250 e. The highest BCUT2D eigenvalue weighted by Crippen LogP contribution is 2.18. The zero-order valence-corrected chi connectivity index (χ0v) is 9.02. The topological polar surface area (TPSA) is 74.2 Å². The number of thiazole rings is 1. The molecule has 1 heterocycles. The second-order valence-corrected chi connectivity index (χ2v) is 3.94. The molecule has 1 atom stereocenters. The first kappa shape index (κ1) is 11.2. The number of aromatic nitrogens is 1. The summed E-state index contributed by atoms with van der Waals surface area (Å²) in [5.74, 6) is 0.127. The highest BCUT2D eigenvalue weighted by molar-refractivity contribution is 7.14. The maximum absolute atomic E-state index is 10.9. The summed E-state index contributed by atoms with van der Waals surface area (Å²) in [5, 5.41) is 16.1. The Morgan fingerprint density at radius 1 is 1.86 bits per heavy atom. The number of nitrogens with zero attached hydrogens (tertiary/aromatic N) is 1. The van der Waals surface area contributed by atoms with E-state index in [9.17, 15) is 9.90 Å². The molecule has 0 spiro atoms. The van der Waals surface area contributed by atoms with Crippen LogP contribution in [0, 0.1) is 0 Å². The highest BCUT2D eigenvalue weighted by Gasteiger charge is 2.12. The van der Waals surface area contributed by atoms with Crippen LogP contribution in [-0.4, -0.2) is 35.7 Å². The van der Waals surface area contributed by atoms with Gasteiger partial charge in [-0.15, -0.1) is 11.3 Å². The number of rotatable bonds is 4.